The summed E-state index contributed by atoms with van der Waals surface area (Å²) in [5, 5.41) is 17.5. The Labute approximate surface area is 111 Å². The van der Waals surface area contributed by atoms with Crippen LogP contribution >= 0.6 is 11.8 Å². The van der Waals surface area contributed by atoms with Crippen molar-refractivity contribution in [3.8, 4) is 6.07 Å². The monoisotopic (exact) mass is 261 g/mol. The van der Waals surface area contributed by atoms with Crippen LogP contribution in [-0.2, 0) is 10.5 Å². The molecule has 1 fully saturated rings. The van der Waals surface area contributed by atoms with Gasteiger partial charge in [-0.1, -0.05) is 12.1 Å². The first kappa shape index (κ1) is 13.0. The molecule has 0 saturated heterocycles. The van der Waals surface area contributed by atoms with E-state index in [2.05, 4.69) is 6.07 Å². The minimum atomic E-state index is -0.688. The maximum absolute atomic E-state index is 10.7. The van der Waals surface area contributed by atoms with Crippen molar-refractivity contribution >= 4 is 17.7 Å². The maximum atomic E-state index is 10.7. The highest BCUT2D eigenvalue weighted by molar-refractivity contribution is 7.98. The Hall–Kier alpha value is -1.47. The molecular formula is C14H15NO2S. The van der Waals surface area contributed by atoms with E-state index in [9.17, 15) is 4.79 Å². The van der Waals surface area contributed by atoms with Gasteiger partial charge in [-0.2, -0.15) is 17.0 Å². The van der Waals surface area contributed by atoms with Gasteiger partial charge in [0.2, 0.25) is 0 Å². The Kier molecular flexibility index (Phi) is 3.93. The molecule has 0 heterocycles. The Bertz CT molecular complexity index is 472. The third kappa shape index (κ3) is 3.51. The Morgan fingerprint density at radius 2 is 2.06 bits per heavy atom. The average Bonchev–Trinajstić information content (AvgIpc) is 3.09. The van der Waals surface area contributed by atoms with Gasteiger partial charge < -0.3 is 5.11 Å². The zero-order valence-electron chi connectivity index (χ0n) is 10.1. The molecule has 1 saturated carbocycles. The van der Waals surface area contributed by atoms with Gasteiger partial charge in [-0.15, -0.1) is 0 Å². The normalized spacial score (nSPS) is 15.9. The first-order chi connectivity index (χ1) is 8.63. The van der Waals surface area contributed by atoms with Crippen molar-refractivity contribution in [1.29, 1.82) is 5.26 Å². The predicted octanol–water partition coefficient (Wildman–Crippen LogP) is 3.05. The molecule has 0 amide bonds. The van der Waals surface area contributed by atoms with Crippen molar-refractivity contribution in [3.05, 3.63) is 35.4 Å². The second-order valence-corrected chi connectivity index (χ2v) is 5.86. The molecule has 0 spiro atoms. The molecule has 2 rings (SSSR count). The number of aliphatic carboxylic acids is 1. The van der Waals surface area contributed by atoms with Gasteiger partial charge in [0.1, 0.15) is 0 Å². The highest BCUT2D eigenvalue weighted by Crippen LogP contribution is 2.51. The number of nitriles is 1. The first-order valence-corrected chi connectivity index (χ1v) is 7.08. The molecule has 0 atom stereocenters. The number of hydrogen-bond acceptors (Lipinski definition) is 3. The summed E-state index contributed by atoms with van der Waals surface area (Å²) in [6.07, 6.45) is 2.38. The van der Waals surface area contributed by atoms with Crippen LogP contribution in [0.25, 0.3) is 0 Å². The van der Waals surface area contributed by atoms with Gasteiger partial charge in [-0.05, 0) is 41.7 Å². The number of hydrogen-bond donors (Lipinski definition) is 1. The van der Waals surface area contributed by atoms with Crippen molar-refractivity contribution < 1.29 is 9.90 Å². The lowest BCUT2D eigenvalue weighted by atomic mass is 10.1. The lowest BCUT2D eigenvalue weighted by Crippen LogP contribution is -2.11. The summed E-state index contributed by atoms with van der Waals surface area (Å²) in [6, 6.07) is 9.65. The van der Waals surface area contributed by atoms with Crippen LogP contribution in [0.2, 0.25) is 0 Å². The molecule has 0 unspecified atom stereocenters. The van der Waals surface area contributed by atoms with E-state index in [1.54, 1.807) is 11.8 Å². The number of thioether (sulfide) groups is 1. The molecule has 1 aliphatic rings. The Balaban J connectivity index is 1.78. The number of carbonyl (C=O) groups is 1. The molecule has 18 heavy (non-hydrogen) atoms. The van der Waals surface area contributed by atoms with Crippen LogP contribution in [-0.4, -0.2) is 16.8 Å². The third-order valence-corrected chi connectivity index (χ3v) is 4.60. The summed E-state index contributed by atoms with van der Waals surface area (Å²) in [4.78, 5) is 10.7. The van der Waals surface area contributed by atoms with Crippen LogP contribution < -0.4 is 0 Å². The minimum Gasteiger partial charge on any atom is -0.481 e. The van der Waals surface area contributed by atoms with Crippen LogP contribution in [0.3, 0.4) is 0 Å². The fourth-order valence-electron chi connectivity index (χ4n) is 1.93. The second kappa shape index (κ2) is 5.45. The molecule has 0 radical (unpaired) electrons. The number of carboxylic acids is 1. The lowest BCUT2D eigenvalue weighted by Gasteiger charge is -2.11. The van der Waals surface area contributed by atoms with Gasteiger partial charge in [0.25, 0.3) is 0 Å². The van der Waals surface area contributed by atoms with E-state index in [4.69, 9.17) is 10.4 Å². The molecular weight excluding hydrogens is 246 g/mol. The van der Waals surface area contributed by atoms with Gasteiger partial charge in [-0.3, -0.25) is 4.79 Å². The highest BCUT2D eigenvalue weighted by atomic mass is 32.2. The van der Waals surface area contributed by atoms with Gasteiger partial charge in [0, 0.05) is 5.75 Å². The van der Waals surface area contributed by atoms with Crippen molar-refractivity contribution in [2.24, 2.45) is 5.41 Å². The van der Waals surface area contributed by atoms with Gasteiger partial charge >= 0.3 is 5.97 Å². The maximum Gasteiger partial charge on any atom is 0.303 e. The smallest absolute Gasteiger partial charge is 0.303 e. The summed E-state index contributed by atoms with van der Waals surface area (Å²) in [6.45, 7) is 0. The molecule has 1 aromatic rings. The van der Waals surface area contributed by atoms with E-state index in [0.29, 0.717) is 12.0 Å². The highest BCUT2D eigenvalue weighted by Gasteiger charge is 2.43. The molecule has 0 aromatic heterocycles. The standard InChI is InChI=1S/C14H15NO2S/c15-8-11-1-3-12(4-2-11)9-18-10-14(5-6-14)7-13(16)17/h1-4H,5-7,9-10H2,(H,16,17). The number of carboxylic acid groups (broad SMARTS) is 1. The number of benzene rings is 1. The molecule has 0 aliphatic heterocycles. The summed E-state index contributed by atoms with van der Waals surface area (Å²) in [5.74, 6) is 1.11. The van der Waals surface area contributed by atoms with E-state index in [-0.39, 0.29) is 5.41 Å². The van der Waals surface area contributed by atoms with Crippen LogP contribution in [0.15, 0.2) is 24.3 Å². The SMILES string of the molecule is N#Cc1ccc(CSCC2(CC(=O)O)CC2)cc1. The lowest BCUT2D eigenvalue weighted by molar-refractivity contribution is -0.138. The Morgan fingerprint density at radius 3 is 2.56 bits per heavy atom. The fourth-order valence-corrected chi connectivity index (χ4v) is 3.28. The summed E-state index contributed by atoms with van der Waals surface area (Å²) in [5.41, 5.74) is 1.92. The Morgan fingerprint density at radius 1 is 1.39 bits per heavy atom. The molecule has 1 aromatic carbocycles. The van der Waals surface area contributed by atoms with Crippen LogP contribution in [0.4, 0.5) is 0 Å². The number of rotatable bonds is 6. The zero-order chi connectivity index (χ0) is 13.0. The minimum absolute atomic E-state index is 0.0586. The van der Waals surface area contributed by atoms with E-state index in [1.165, 1.54) is 5.56 Å². The largest absolute Gasteiger partial charge is 0.481 e. The number of nitrogens with zero attached hydrogens (tertiary/aromatic N) is 1. The first-order valence-electron chi connectivity index (χ1n) is 5.92. The quantitative estimate of drug-likeness (QED) is 0.855. The molecule has 0 bridgehead atoms. The molecule has 1 N–H and O–H groups in total. The molecule has 94 valence electrons. The average molecular weight is 261 g/mol. The van der Waals surface area contributed by atoms with Crippen molar-refractivity contribution in [2.45, 2.75) is 25.0 Å². The summed E-state index contributed by atoms with van der Waals surface area (Å²) < 4.78 is 0. The van der Waals surface area contributed by atoms with Crippen molar-refractivity contribution in [1.82, 2.24) is 0 Å². The van der Waals surface area contributed by atoms with E-state index in [0.717, 1.165) is 24.3 Å². The second-order valence-electron chi connectivity index (χ2n) is 4.87. The summed E-state index contributed by atoms with van der Waals surface area (Å²) in [7, 11) is 0. The van der Waals surface area contributed by atoms with Crippen LogP contribution in [0.5, 0.6) is 0 Å². The topological polar surface area (TPSA) is 61.1 Å². The zero-order valence-corrected chi connectivity index (χ0v) is 10.9. The fraction of sp³-hybridized carbons (Fsp3) is 0.429. The van der Waals surface area contributed by atoms with Crippen molar-refractivity contribution in [2.75, 3.05) is 5.75 Å². The molecule has 3 nitrogen and oxygen atoms in total. The van der Waals surface area contributed by atoms with Gasteiger partial charge in [0.15, 0.2) is 0 Å². The predicted molar refractivity (Wildman–Crippen MR) is 71.2 cm³/mol. The summed E-state index contributed by atoms with van der Waals surface area (Å²) >= 11 is 1.78. The van der Waals surface area contributed by atoms with E-state index in [1.807, 2.05) is 24.3 Å². The van der Waals surface area contributed by atoms with Gasteiger partial charge in [0.05, 0.1) is 18.1 Å². The van der Waals surface area contributed by atoms with Crippen LogP contribution in [0, 0.1) is 16.7 Å². The van der Waals surface area contributed by atoms with Crippen LogP contribution in [0.1, 0.15) is 30.4 Å². The molecule has 4 heteroatoms. The van der Waals surface area contributed by atoms with Crippen molar-refractivity contribution in [3.63, 3.8) is 0 Å². The molecule has 1 aliphatic carbocycles. The third-order valence-electron chi connectivity index (χ3n) is 3.24. The van der Waals surface area contributed by atoms with Gasteiger partial charge in [-0.25, -0.2) is 0 Å². The van der Waals surface area contributed by atoms with E-state index >= 15 is 0 Å². The van der Waals surface area contributed by atoms with E-state index < -0.39 is 5.97 Å².